The molecule has 0 saturated heterocycles. The molecule has 7 heteroatoms. The first-order valence-electron chi connectivity index (χ1n) is 13.1. The van der Waals surface area contributed by atoms with Crippen molar-refractivity contribution in [3.8, 4) is 5.75 Å². The molecule has 1 aliphatic heterocycles. The molecule has 0 bridgehead atoms. The fourth-order valence-corrected chi connectivity index (χ4v) is 5.77. The largest absolute Gasteiger partial charge is 0.489 e. The number of alkyl halides is 1. The number of nitrogens with zero attached hydrogens (tertiary/aromatic N) is 1. The molecule has 0 radical (unpaired) electrons. The molecule has 4 nitrogen and oxygen atoms in total. The second-order valence-electron chi connectivity index (χ2n) is 11.0. The predicted octanol–water partition coefficient (Wildman–Crippen LogP) is 7.22. The lowest BCUT2D eigenvalue weighted by Crippen LogP contribution is -2.47. The molecule has 39 heavy (non-hydrogen) atoms. The maximum atomic E-state index is 15.8. The van der Waals surface area contributed by atoms with E-state index in [0.717, 1.165) is 27.8 Å². The van der Waals surface area contributed by atoms with Crippen molar-refractivity contribution in [1.82, 2.24) is 4.90 Å². The molecule has 0 unspecified atom stereocenters. The summed E-state index contributed by atoms with van der Waals surface area (Å²) in [7, 11) is 1.31. The van der Waals surface area contributed by atoms with Crippen molar-refractivity contribution in [2.45, 2.75) is 58.0 Å². The van der Waals surface area contributed by atoms with Gasteiger partial charge in [0.2, 0.25) is 0 Å². The number of fused-ring (bicyclic) bond motifs is 2. The quantitative estimate of drug-likeness (QED) is 0.300. The fraction of sp³-hybridized carbons (Fsp3) is 0.344. The first-order chi connectivity index (χ1) is 18.6. The molecule has 5 rings (SSSR count). The Bertz CT molecular complexity index is 1400. The van der Waals surface area contributed by atoms with Gasteiger partial charge in [0.1, 0.15) is 29.7 Å². The number of hydrogen-bond acceptors (Lipinski definition) is 4. The van der Waals surface area contributed by atoms with Crippen LogP contribution in [-0.4, -0.2) is 36.2 Å². The normalized spacial score (nSPS) is 19.1. The third-order valence-corrected chi connectivity index (χ3v) is 7.50. The number of carbonyl (C=O) groups is 1. The molecule has 0 amide bonds. The van der Waals surface area contributed by atoms with Crippen LogP contribution in [-0.2, 0) is 17.8 Å². The number of ether oxygens (including phenoxy) is 2. The number of hydrogen-bond donors (Lipinski definition) is 0. The van der Waals surface area contributed by atoms with Crippen LogP contribution in [0.3, 0.4) is 0 Å². The first kappa shape index (κ1) is 27.0. The van der Waals surface area contributed by atoms with Crippen LogP contribution in [0.4, 0.5) is 13.2 Å². The van der Waals surface area contributed by atoms with E-state index in [1.807, 2.05) is 30.0 Å². The fourth-order valence-electron chi connectivity index (χ4n) is 5.77. The monoisotopic (exact) mass is 535 g/mol. The maximum absolute atomic E-state index is 15.8. The van der Waals surface area contributed by atoms with Crippen LogP contribution in [0.5, 0.6) is 5.75 Å². The van der Waals surface area contributed by atoms with E-state index in [9.17, 15) is 9.18 Å². The molecule has 204 valence electrons. The number of carbonyl (C=O) groups excluding carboxylic acids is 1. The summed E-state index contributed by atoms with van der Waals surface area (Å²) in [4.78, 5) is 13.5. The van der Waals surface area contributed by atoms with Crippen molar-refractivity contribution in [2.24, 2.45) is 0 Å². The van der Waals surface area contributed by atoms with E-state index < -0.39 is 29.3 Å². The van der Waals surface area contributed by atoms with E-state index in [0.29, 0.717) is 18.4 Å². The van der Waals surface area contributed by atoms with Gasteiger partial charge >= 0.3 is 5.97 Å². The van der Waals surface area contributed by atoms with Gasteiger partial charge in [0.25, 0.3) is 0 Å². The SMILES string of the molecule is COC(=O)c1ccc(COc2cc(F)c([C@@H]3C4=C(C[C@@H](C)N3CC(C)(C)F)c3ccccc3C4)c(F)c2)cc1. The van der Waals surface area contributed by atoms with Gasteiger partial charge < -0.3 is 9.47 Å². The molecule has 3 aromatic rings. The van der Waals surface area contributed by atoms with E-state index in [-0.39, 0.29) is 30.5 Å². The Morgan fingerprint density at radius 1 is 1.05 bits per heavy atom. The Labute approximate surface area is 227 Å². The van der Waals surface area contributed by atoms with E-state index >= 15 is 8.78 Å². The number of esters is 1. The third kappa shape index (κ3) is 5.46. The van der Waals surface area contributed by atoms with Crippen molar-refractivity contribution < 1.29 is 27.4 Å². The highest BCUT2D eigenvalue weighted by Crippen LogP contribution is 2.50. The first-order valence-corrected chi connectivity index (χ1v) is 13.1. The molecule has 0 N–H and O–H groups in total. The Kier molecular flexibility index (Phi) is 7.29. The molecule has 2 atom stereocenters. The molecular formula is C32H32F3NO3. The zero-order chi connectivity index (χ0) is 27.9. The maximum Gasteiger partial charge on any atom is 0.337 e. The molecule has 0 fully saturated rings. The second-order valence-corrected chi connectivity index (χ2v) is 11.0. The zero-order valence-electron chi connectivity index (χ0n) is 22.6. The smallest absolute Gasteiger partial charge is 0.337 e. The summed E-state index contributed by atoms with van der Waals surface area (Å²) >= 11 is 0. The van der Waals surface area contributed by atoms with Gasteiger partial charge in [0.05, 0.1) is 18.7 Å². The Hall–Kier alpha value is -3.58. The van der Waals surface area contributed by atoms with Crippen LogP contribution < -0.4 is 4.74 Å². The van der Waals surface area contributed by atoms with Crippen LogP contribution in [0.15, 0.2) is 66.2 Å². The van der Waals surface area contributed by atoms with Crippen LogP contribution in [0, 0.1) is 11.6 Å². The summed E-state index contributed by atoms with van der Waals surface area (Å²) in [5, 5.41) is 0. The van der Waals surface area contributed by atoms with Gasteiger partial charge in [-0.15, -0.1) is 0 Å². The highest BCUT2D eigenvalue weighted by molar-refractivity contribution is 5.89. The Morgan fingerprint density at radius 2 is 1.72 bits per heavy atom. The third-order valence-electron chi connectivity index (χ3n) is 7.50. The molecule has 3 aromatic carbocycles. The van der Waals surface area contributed by atoms with Crippen LogP contribution in [0.1, 0.15) is 65.8 Å². The van der Waals surface area contributed by atoms with Gasteiger partial charge in [-0.1, -0.05) is 36.4 Å². The van der Waals surface area contributed by atoms with Crippen molar-refractivity contribution in [1.29, 1.82) is 0 Å². The molecule has 0 spiro atoms. The highest BCUT2D eigenvalue weighted by Gasteiger charge is 2.42. The summed E-state index contributed by atoms with van der Waals surface area (Å²) in [6.45, 7) is 5.08. The minimum atomic E-state index is -1.55. The van der Waals surface area contributed by atoms with E-state index in [1.54, 1.807) is 24.3 Å². The molecule has 1 aliphatic carbocycles. The number of halogens is 3. The Balaban J connectivity index is 1.46. The lowest BCUT2D eigenvalue weighted by Gasteiger charge is -2.44. The molecule has 0 saturated carbocycles. The minimum Gasteiger partial charge on any atom is -0.489 e. The van der Waals surface area contributed by atoms with Gasteiger partial charge in [-0.2, -0.15) is 0 Å². The predicted molar refractivity (Wildman–Crippen MR) is 144 cm³/mol. The van der Waals surface area contributed by atoms with E-state index in [1.165, 1.54) is 33.1 Å². The second kappa shape index (κ2) is 10.5. The molecule has 1 heterocycles. The van der Waals surface area contributed by atoms with Crippen LogP contribution in [0.2, 0.25) is 0 Å². The van der Waals surface area contributed by atoms with Crippen molar-refractivity contribution >= 4 is 11.5 Å². The number of rotatable bonds is 7. The highest BCUT2D eigenvalue weighted by atomic mass is 19.1. The van der Waals surface area contributed by atoms with E-state index in [4.69, 9.17) is 9.47 Å². The van der Waals surface area contributed by atoms with Gasteiger partial charge in [0.15, 0.2) is 0 Å². The van der Waals surface area contributed by atoms with Gasteiger partial charge in [0, 0.05) is 30.3 Å². The zero-order valence-corrected chi connectivity index (χ0v) is 22.6. The van der Waals surface area contributed by atoms with Gasteiger partial charge in [-0.05, 0) is 73.6 Å². The molecular weight excluding hydrogens is 503 g/mol. The average molecular weight is 536 g/mol. The summed E-state index contributed by atoms with van der Waals surface area (Å²) in [6.07, 6.45) is 1.27. The number of methoxy groups -OCH3 is 1. The van der Waals surface area contributed by atoms with Crippen LogP contribution >= 0.6 is 0 Å². The van der Waals surface area contributed by atoms with Crippen molar-refractivity contribution in [3.05, 3.63) is 106 Å². The van der Waals surface area contributed by atoms with Crippen molar-refractivity contribution in [3.63, 3.8) is 0 Å². The summed E-state index contributed by atoms with van der Waals surface area (Å²) in [6, 6.07) is 16.2. The number of benzene rings is 3. The average Bonchev–Trinajstić information content (AvgIpc) is 3.26. The standard InChI is InChI=1S/C32H32F3NO3/c1-19-13-25-24-8-6-5-7-22(24)14-26(25)30(36(19)18-32(2,3)35)29-27(33)15-23(16-28(29)34)39-17-20-9-11-21(12-10-20)31(37)38-4/h5-12,15-16,19,30H,13-14,17-18H2,1-4H3/t19-,30+/m1/s1. The summed E-state index contributed by atoms with van der Waals surface area (Å²) in [5.74, 6) is -1.85. The minimum absolute atomic E-state index is 0.0463. The van der Waals surface area contributed by atoms with Crippen molar-refractivity contribution in [2.75, 3.05) is 13.7 Å². The van der Waals surface area contributed by atoms with Gasteiger partial charge in [-0.3, -0.25) is 4.90 Å². The van der Waals surface area contributed by atoms with E-state index in [2.05, 4.69) is 6.07 Å². The molecule has 2 aliphatic rings. The lowest BCUT2D eigenvalue weighted by molar-refractivity contribution is 0.0600. The summed E-state index contributed by atoms with van der Waals surface area (Å²) < 4.78 is 57.0. The van der Waals surface area contributed by atoms with Crippen LogP contribution in [0.25, 0.3) is 5.57 Å². The lowest BCUT2D eigenvalue weighted by atomic mass is 9.84. The summed E-state index contributed by atoms with van der Waals surface area (Å²) in [5.41, 5.74) is 3.76. The van der Waals surface area contributed by atoms with Gasteiger partial charge in [-0.25, -0.2) is 18.0 Å². The Morgan fingerprint density at radius 3 is 2.36 bits per heavy atom. The topological polar surface area (TPSA) is 38.8 Å². The molecule has 0 aromatic heterocycles.